The third-order valence-electron chi connectivity index (χ3n) is 3.83. The predicted molar refractivity (Wildman–Crippen MR) is 74.7 cm³/mol. The molecule has 0 unspecified atom stereocenters. The third kappa shape index (κ3) is 2.90. The summed E-state index contributed by atoms with van der Waals surface area (Å²) >= 11 is 0. The summed E-state index contributed by atoms with van der Waals surface area (Å²) in [6, 6.07) is 0. The van der Waals surface area contributed by atoms with E-state index in [9.17, 15) is 0 Å². The van der Waals surface area contributed by atoms with Crippen LogP contribution in [0.4, 0.5) is 11.6 Å². The maximum absolute atomic E-state index is 5.83. The topological polar surface area (TPSA) is 58.3 Å². The molecular weight excluding hydrogens is 226 g/mol. The number of rotatable bonds is 3. The Labute approximate surface area is 109 Å². The average molecular weight is 249 g/mol. The molecule has 5 heteroatoms. The number of hydrogen-bond donors (Lipinski definition) is 1. The van der Waals surface area contributed by atoms with Gasteiger partial charge in [-0.2, -0.15) is 0 Å². The lowest BCUT2D eigenvalue weighted by molar-refractivity contribution is 0.222. The highest BCUT2D eigenvalue weighted by Gasteiger charge is 2.19. The highest BCUT2D eigenvalue weighted by molar-refractivity contribution is 5.55. The van der Waals surface area contributed by atoms with Crippen molar-refractivity contribution >= 4 is 11.6 Å². The van der Waals surface area contributed by atoms with Crippen LogP contribution in [0.3, 0.4) is 0 Å². The summed E-state index contributed by atoms with van der Waals surface area (Å²) in [5.41, 5.74) is 6.80. The fourth-order valence-corrected chi connectivity index (χ4v) is 2.56. The third-order valence-corrected chi connectivity index (χ3v) is 3.83. The Bertz CT molecular complexity index is 398. The summed E-state index contributed by atoms with van der Waals surface area (Å²) in [5, 5.41) is 0. The van der Waals surface area contributed by atoms with Crippen molar-refractivity contribution < 1.29 is 0 Å². The van der Waals surface area contributed by atoms with Crippen LogP contribution in [0, 0.1) is 12.8 Å². The molecule has 0 spiro atoms. The summed E-state index contributed by atoms with van der Waals surface area (Å²) in [7, 11) is 4.28. The Kier molecular flexibility index (Phi) is 4.01. The average Bonchev–Trinajstić information content (AvgIpc) is 2.35. The molecule has 0 aliphatic carbocycles. The van der Waals surface area contributed by atoms with Gasteiger partial charge in [0.25, 0.3) is 0 Å². The fourth-order valence-electron chi connectivity index (χ4n) is 2.56. The van der Waals surface area contributed by atoms with Gasteiger partial charge in [-0.15, -0.1) is 0 Å². The van der Waals surface area contributed by atoms with Gasteiger partial charge >= 0.3 is 0 Å². The number of anilines is 2. The van der Waals surface area contributed by atoms with Crippen LogP contribution in [-0.4, -0.2) is 48.6 Å². The van der Waals surface area contributed by atoms with Crippen molar-refractivity contribution in [2.45, 2.75) is 19.8 Å². The maximum atomic E-state index is 5.83. The number of piperidine rings is 1. The molecule has 0 atom stereocenters. The number of hydrogen-bond acceptors (Lipinski definition) is 5. The van der Waals surface area contributed by atoms with Crippen LogP contribution in [0.15, 0.2) is 6.33 Å². The van der Waals surface area contributed by atoms with Crippen molar-refractivity contribution in [1.82, 2.24) is 14.9 Å². The van der Waals surface area contributed by atoms with Crippen LogP contribution in [0.25, 0.3) is 0 Å². The Morgan fingerprint density at radius 3 is 2.72 bits per heavy atom. The number of nitrogens with two attached hydrogens (primary N) is 1. The van der Waals surface area contributed by atoms with Crippen molar-refractivity contribution in [3.8, 4) is 0 Å². The zero-order valence-corrected chi connectivity index (χ0v) is 11.6. The standard InChI is InChI=1S/C13H23N5/c1-10-12(14)15-9-16-13(10)18(3)8-11-4-6-17(2)7-5-11/h9,11H,4-8H2,1-3H3,(H2,14,15,16). The van der Waals surface area contributed by atoms with E-state index in [4.69, 9.17) is 5.73 Å². The summed E-state index contributed by atoms with van der Waals surface area (Å²) < 4.78 is 0. The van der Waals surface area contributed by atoms with Gasteiger partial charge < -0.3 is 15.5 Å². The predicted octanol–water partition coefficient (Wildman–Crippen LogP) is 1.15. The first-order valence-corrected chi connectivity index (χ1v) is 6.54. The van der Waals surface area contributed by atoms with E-state index in [1.807, 2.05) is 6.92 Å². The van der Waals surface area contributed by atoms with Crippen molar-refractivity contribution in [2.75, 3.05) is 44.4 Å². The van der Waals surface area contributed by atoms with E-state index in [2.05, 4.69) is 33.9 Å². The quantitative estimate of drug-likeness (QED) is 0.870. The van der Waals surface area contributed by atoms with E-state index in [-0.39, 0.29) is 0 Å². The second-order valence-electron chi connectivity index (χ2n) is 5.33. The van der Waals surface area contributed by atoms with Gasteiger partial charge in [0.2, 0.25) is 0 Å². The van der Waals surface area contributed by atoms with Crippen LogP contribution in [0.1, 0.15) is 18.4 Å². The van der Waals surface area contributed by atoms with Crippen molar-refractivity contribution in [3.63, 3.8) is 0 Å². The number of nitrogen functional groups attached to an aromatic ring is 1. The van der Waals surface area contributed by atoms with Crippen LogP contribution in [-0.2, 0) is 0 Å². The highest BCUT2D eigenvalue weighted by atomic mass is 15.2. The zero-order chi connectivity index (χ0) is 13.1. The first-order valence-electron chi connectivity index (χ1n) is 6.54. The molecule has 1 aromatic heterocycles. The molecule has 2 N–H and O–H groups in total. The van der Waals surface area contributed by atoms with Crippen molar-refractivity contribution in [3.05, 3.63) is 11.9 Å². The normalized spacial score (nSPS) is 17.9. The largest absolute Gasteiger partial charge is 0.383 e. The van der Waals surface area contributed by atoms with E-state index >= 15 is 0 Å². The molecule has 100 valence electrons. The Balaban J connectivity index is 1.99. The highest BCUT2D eigenvalue weighted by Crippen LogP contribution is 2.23. The SMILES string of the molecule is Cc1c(N)ncnc1N(C)CC1CCN(C)CC1. The molecule has 1 aliphatic heterocycles. The number of likely N-dealkylation sites (tertiary alicyclic amines) is 1. The summed E-state index contributed by atoms with van der Waals surface area (Å²) in [6.07, 6.45) is 4.07. The van der Waals surface area contributed by atoms with Crippen LogP contribution in [0.5, 0.6) is 0 Å². The van der Waals surface area contributed by atoms with Crippen LogP contribution in [0.2, 0.25) is 0 Å². The summed E-state index contributed by atoms with van der Waals surface area (Å²) in [4.78, 5) is 13.0. The molecule has 18 heavy (non-hydrogen) atoms. The smallest absolute Gasteiger partial charge is 0.136 e. The van der Waals surface area contributed by atoms with Crippen LogP contribution < -0.4 is 10.6 Å². The first kappa shape index (κ1) is 13.1. The minimum Gasteiger partial charge on any atom is -0.383 e. The number of nitrogens with zero attached hydrogens (tertiary/aromatic N) is 4. The van der Waals surface area contributed by atoms with Gasteiger partial charge in [-0.3, -0.25) is 0 Å². The van der Waals surface area contributed by atoms with Crippen molar-refractivity contribution in [2.24, 2.45) is 5.92 Å². The maximum Gasteiger partial charge on any atom is 0.136 e. The van der Waals surface area contributed by atoms with E-state index < -0.39 is 0 Å². The molecule has 2 heterocycles. The first-order chi connectivity index (χ1) is 8.58. The molecule has 0 bridgehead atoms. The minimum atomic E-state index is 0.579. The van der Waals surface area contributed by atoms with Gasteiger partial charge in [-0.05, 0) is 45.8 Å². The molecule has 1 saturated heterocycles. The number of aromatic nitrogens is 2. The Morgan fingerprint density at radius 1 is 1.39 bits per heavy atom. The Morgan fingerprint density at radius 2 is 2.06 bits per heavy atom. The van der Waals surface area contributed by atoms with Gasteiger partial charge in [-0.1, -0.05) is 0 Å². The molecule has 2 rings (SSSR count). The molecular formula is C13H23N5. The van der Waals surface area contributed by atoms with Crippen molar-refractivity contribution in [1.29, 1.82) is 0 Å². The van der Waals surface area contributed by atoms with Gasteiger partial charge in [0, 0.05) is 19.2 Å². The minimum absolute atomic E-state index is 0.579. The molecule has 0 saturated carbocycles. The zero-order valence-electron chi connectivity index (χ0n) is 11.6. The van der Waals surface area contributed by atoms with E-state index in [0.29, 0.717) is 5.82 Å². The second-order valence-corrected chi connectivity index (χ2v) is 5.33. The monoisotopic (exact) mass is 249 g/mol. The summed E-state index contributed by atoms with van der Waals surface area (Å²) in [5.74, 6) is 2.29. The van der Waals surface area contributed by atoms with E-state index in [1.54, 1.807) is 6.33 Å². The second kappa shape index (κ2) is 5.52. The van der Waals surface area contributed by atoms with E-state index in [1.165, 1.54) is 25.9 Å². The molecule has 0 radical (unpaired) electrons. The van der Waals surface area contributed by atoms with Gasteiger partial charge in [0.05, 0.1) is 0 Å². The fraction of sp³-hybridized carbons (Fsp3) is 0.692. The lowest BCUT2D eigenvalue weighted by atomic mass is 9.96. The van der Waals surface area contributed by atoms with E-state index in [0.717, 1.165) is 23.8 Å². The van der Waals surface area contributed by atoms with Gasteiger partial charge in [0.15, 0.2) is 0 Å². The lowest BCUT2D eigenvalue weighted by Crippen LogP contribution is -2.36. The molecule has 1 aliphatic rings. The molecule has 1 aromatic rings. The Hall–Kier alpha value is -1.36. The summed E-state index contributed by atoms with van der Waals surface area (Å²) in [6.45, 7) is 5.42. The van der Waals surface area contributed by atoms with Gasteiger partial charge in [-0.25, -0.2) is 9.97 Å². The molecule has 5 nitrogen and oxygen atoms in total. The molecule has 0 aromatic carbocycles. The lowest BCUT2D eigenvalue weighted by Gasteiger charge is -2.32. The van der Waals surface area contributed by atoms with Crippen LogP contribution >= 0.6 is 0 Å². The van der Waals surface area contributed by atoms with Gasteiger partial charge in [0.1, 0.15) is 18.0 Å². The molecule has 1 fully saturated rings. The molecule has 0 amide bonds.